The lowest BCUT2D eigenvalue weighted by molar-refractivity contribution is 0.285. The van der Waals surface area contributed by atoms with Crippen LogP contribution in [0.1, 0.15) is 39.3 Å². The van der Waals surface area contributed by atoms with Crippen molar-refractivity contribution >= 4 is 0 Å². The van der Waals surface area contributed by atoms with Gasteiger partial charge in [0.25, 0.3) is 0 Å². The molecule has 1 heterocycles. The number of hydrogen-bond acceptors (Lipinski definition) is 3. The first-order valence-corrected chi connectivity index (χ1v) is 6.77. The van der Waals surface area contributed by atoms with E-state index in [0.717, 1.165) is 44.7 Å². The van der Waals surface area contributed by atoms with E-state index in [2.05, 4.69) is 25.7 Å². The number of aromatic hydroxyl groups is 1. The Balaban J connectivity index is 2.98. The summed E-state index contributed by atoms with van der Waals surface area (Å²) in [7, 11) is 0. The first kappa shape index (κ1) is 14.8. The van der Waals surface area contributed by atoms with Gasteiger partial charge in [-0.2, -0.15) is 0 Å². The molecule has 18 heavy (non-hydrogen) atoms. The zero-order valence-electron chi connectivity index (χ0n) is 11.6. The summed E-state index contributed by atoms with van der Waals surface area (Å²) in [6, 6.07) is 1.56. The van der Waals surface area contributed by atoms with Crippen molar-refractivity contribution in [3.63, 3.8) is 0 Å². The fourth-order valence-electron chi connectivity index (χ4n) is 1.95. The minimum Gasteiger partial charge on any atom is -0.503 e. The summed E-state index contributed by atoms with van der Waals surface area (Å²) in [5.74, 6) is -0.158. The molecule has 0 atom stereocenters. The number of rotatable bonds is 7. The monoisotopic (exact) mass is 252 g/mol. The Bertz CT molecular complexity index is 422. The fourth-order valence-corrected chi connectivity index (χ4v) is 1.95. The quantitative estimate of drug-likeness (QED) is 0.809. The molecule has 0 spiro atoms. The predicted octanol–water partition coefficient (Wildman–Crippen LogP) is 2.20. The molecule has 0 bridgehead atoms. The van der Waals surface area contributed by atoms with Crippen LogP contribution in [0.5, 0.6) is 5.75 Å². The highest BCUT2D eigenvalue weighted by Gasteiger charge is 2.08. The van der Waals surface area contributed by atoms with E-state index in [1.54, 1.807) is 12.3 Å². The van der Waals surface area contributed by atoms with Crippen molar-refractivity contribution in [1.29, 1.82) is 0 Å². The van der Waals surface area contributed by atoms with E-state index in [0.29, 0.717) is 0 Å². The average molecular weight is 252 g/mol. The SMILES string of the molecule is CCCCn1cc(O)c(=O)cc1CN(CC)CC. The molecule has 0 saturated carbocycles. The van der Waals surface area contributed by atoms with Gasteiger partial charge in [-0.15, -0.1) is 0 Å². The second-order valence-electron chi connectivity index (χ2n) is 4.52. The van der Waals surface area contributed by atoms with Gasteiger partial charge in [-0.1, -0.05) is 27.2 Å². The van der Waals surface area contributed by atoms with Crippen molar-refractivity contribution in [3.05, 3.63) is 28.2 Å². The molecule has 1 aromatic rings. The van der Waals surface area contributed by atoms with Gasteiger partial charge in [0, 0.05) is 24.8 Å². The summed E-state index contributed by atoms with van der Waals surface area (Å²) in [4.78, 5) is 13.8. The summed E-state index contributed by atoms with van der Waals surface area (Å²) in [6.07, 6.45) is 3.71. The van der Waals surface area contributed by atoms with Crippen LogP contribution in [0, 0.1) is 0 Å². The van der Waals surface area contributed by atoms with Gasteiger partial charge in [0.15, 0.2) is 5.75 Å². The Morgan fingerprint density at radius 3 is 2.50 bits per heavy atom. The summed E-state index contributed by atoms with van der Waals surface area (Å²) < 4.78 is 2.00. The van der Waals surface area contributed by atoms with E-state index in [1.165, 1.54) is 0 Å². The molecule has 102 valence electrons. The van der Waals surface area contributed by atoms with Crippen LogP contribution in [-0.4, -0.2) is 27.7 Å². The maximum Gasteiger partial charge on any atom is 0.223 e. The standard InChI is InChI=1S/C14H24N2O2/c1-4-7-8-16-11-14(18)13(17)9-12(16)10-15(5-2)6-3/h9,11,18H,4-8,10H2,1-3H3. The summed E-state index contributed by atoms with van der Waals surface area (Å²) in [5.41, 5.74) is 0.694. The van der Waals surface area contributed by atoms with Crippen LogP contribution >= 0.6 is 0 Å². The topological polar surface area (TPSA) is 45.5 Å². The Labute approximate surface area is 109 Å². The first-order valence-electron chi connectivity index (χ1n) is 6.77. The molecule has 1 N–H and O–H groups in total. The molecule has 0 aliphatic carbocycles. The van der Waals surface area contributed by atoms with Crippen molar-refractivity contribution in [3.8, 4) is 5.75 Å². The van der Waals surface area contributed by atoms with Crippen molar-refractivity contribution in [1.82, 2.24) is 9.47 Å². The molecule has 0 aliphatic rings. The molecule has 4 heteroatoms. The molecule has 0 amide bonds. The molecule has 4 nitrogen and oxygen atoms in total. The third-order valence-corrected chi connectivity index (χ3v) is 3.23. The number of aromatic nitrogens is 1. The van der Waals surface area contributed by atoms with E-state index in [4.69, 9.17) is 0 Å². The highest BCUT2D eigenvalue weighted by Crippen LogP contribution is 2.09. The Morgan fingerprint density at radius 1 is 1.28 bits per heavy atom. The molecule has 0 unspecified atom stereocenters. The Hall–Kier alpha value is -1.29. The second kappa shape index (κ2) is 7.21. The van der Waals surface area contributed by atoms with Crippen LogP contribution in [0.15, 0.2) is 17.1 Å². The zero-order valence-corrected chi connectivity index (χ0v) is 11.6. The smallest absolute Gasteiger partial charge is 0.223 e. The minimum absolute atomic E-state index is 0.158. The molecule has 1 rings (SSSR count). The van der Waals surface area contributed by atoms with Crippen LogP contribution in [0.25, 0.3) is 0 Å². The third kappa shape index (κ3) is 3.88. The lowest BCUT2D eigenvalue weighted by Gasteiger charge is -2.21. The summed E-state index contributed by atoms with van der Waals surface area (Å²) in [5, 5.41) is 9.53. The number of nitrogens with zero attached hydrogens (tertiary/aromatic N) is 2. The van der Waals surface area contributed by atoms with E-state index in [-0.39, 0.29) is 11.2 Å². The van der Waals surface area contributed by atoms with E-state index in [9.17, 15) is 9.90 Å². The lowest BCUT2D eigenvalue weighted by Crippen LogP contribution is -2.25. The highest BCUT2D eigenvalue weighted by molar-refractivity contribution is 5.20. The van der Waals surface area contributed by atoms with E-state index in [1.807, 2.05) is 4.57 Å². The molecule has 0 saturated heterocycles. The molecule has 0 aliphatic heterocycles. The summed E-state index contributed by atoms with van der Waals surface area (Å²) in [6.45, 7) is 9.87. The second-order valence-corrected chi connectivity index (χ2v) is 4.52. The lowest BCUT2D eigenvalue weighted by atomic mass is 10.2. The highest BCUT2D eigenvalue weighted by atomic mass is 16.3. The number of hydrogen-bond donors (Lipinski definition) is 1. The third-order valence-electron chi connectivity index (χ3n) is 3.23. The maximum absolute atomic E-state index is 11.5. The van der Waals surface area contributed by atoms with Crippen molar-refractivity contribution in [2.24, 2.45) is 0 Å². The Kier molecular flexibility index (Phi) is 5.92. The van der Waals surface area contributed by atoms with Gasteiger partial charge >= 0.3 is 0 Å². The molecule has 0 radical (unpaired) electrons. The van der Waals surface area contributed by atoms with Gasteiger partial charge in [0.2, 0.25) is 5.43 Å². The molecule has 0 aromatic carbocycles. The number of pyridine rings is 1. The summed E-state index contributed by atoms with van der Waals surface area (Å²) >= 11 is 0. The fraction of sp³-hybridized carbons (Fsp3) is 0.643. The van der Waals surface area contributed by atoms with Gasteiger partial charge in [-0.3, -0.25) is 9.69 Å². The van der Waals surface area contributed by atoms with Crippen LogP contribution in [0.2, 0.25) is 0 Å². The van der Waals surface area contributed by atoms with Gasteiger partial charge < -0.3 is 9.67 Å². The molecular weight excluding hydrogens is 228 g/mol. The first-order chi connectivity index (χ1) is 8.62. The largest absolute Gasteiger partial charge is 0.503 e. The average Bonchev–Trinajstić information content (AvgIpc) is 2.37. The van der Waals surface area contributed by atoms with Crippen molar-refractivity contribution in [2.75, 3.05) is 13.1 Å². The number of unbranched alkanes of at least 4 members (excludes halogenated alkanes) is 1. The maximum atomic E-state index is 11.5. The minimum atomic E-state index is -0.287. The van der Waals surface area contributed by atoms with Gasteiger partial charge in [0.1, 0.15) is 0 Å². The van der Waals surface area contributed by atoms with Crippen LogP contribution in [-0.2, 0) is 13.1 Å². The normalized spacial score (nSPS) is 11.1. The van der Waals surface area contributed by atoms with Gasteiger partial charge in [-0.05, 0) is 19.5 Å². The Morgan fingerprint density at radius 2 is 1.94 bits per heavy atom. The van der Waals surface area contributed by atoms with Crippen molar-refractivity contribution < 1.29 is 5.11 Å². The van der Waals surface area contributed by atoms with Gasteiger partial charge in [0.05, 0.1) is 6.20 Å². The molecular formula is C14H24N2O2. The molecule has 1 aromatic heterocycles. The predicted molar refractivity (Wildman–Crippen MR) is 73.9 cm³/mol. The van der Waals surface area contributed by atoms with Crippen molar-refractivity contribution in [2.45, 2.75) is 46.7 Å². The van der Waals surface area contributed by atoms with E-state index < -0.39 is 0 Å². The zero-order chi connectivity index (χ0) is 13.5. The van der Waals surface area contributed by atoms with Crippen LogP contribution in [0.3, 0.4) is 0 Å². The van der Waals surface area contributed by atoms with E-state index >= 15 is 0 Å². The molecule has 0 fully saturated rings. The van der Waals surface area contributed by atoms with Crippen LogP contribution < -0.4 is 5.43 Å². The van der Waals surface area contributed by atoms with Gasteiger partial charge in [-0.25, -0.2) is 0 Å². The number of aryl methyl sites for hydroxylation is 1. The van der Waals surface area contributed by atoms with Crippen LogP contribution in [0.4, 0.5) is 0 Å².